The molecule has 5 atom stereocenters. The van der Waals surface area contributed by atoms with Crippen LogP contribution in [0.3, 0.4) is 0 Å². The molecule has 3 saturated heterocycles. The zero-order valence-electron chi connectivity index (χ0n) is 47.6. The summed E-state index contributed by atoms with van der Waals surface area (Å²) in [4.78, 5) is 75.3. The number of piperazine rings is 1. The number of aliphatic hydroxyl groups excluding tert-OH is 1. The summed E-state index contributed by atoms with van der Waals surface area (Å²) >= 11 is 8.48. The van der Waals surface area contributed by atoms with Gasteiger partial charge < -0.3 is 49.8 Å². The summed E-state index contributed by atoms with van der Waals surface area (Å²) in [5.74, 6) is -4.08. The highest BCUT2D eigenvalue weighted by Crippen LogP contribution is 2.43. The molecule has 84 heavy (non-hydrogen) atoms. The summed E-state index contributed by atoms with van der Waals surface area (Å²) in [6.45, 7) is 14.5. The van der Waals surface area contributed by atoms with E-state index >= 15 is 4.39 Å². The van der Waals surface area contributed by atoms with Gasteiger partial charge in [0.1, 0.15) is 42.4 Å². The van der Waals surface area contributed by atoms with Gasteiger partial charge in [0, 0.05) is 63.2 Å². The van der Waals surface area contributed by atoms with Crippen LogP contribution in [-0.4, -0.2) is 166 Å². The van der Waals surface area contributed by atoms with Crippen LogP contribution in [-0.2, 0) is 28.7 Å². The minimum Gasteiger partial charge on any atom is -0.508 e. The molecule has 4 N–H and O–H groups in total. The first-order valence-corrected chi connectivity index (χ1v) is 29.3. The minimum absolute atomic E-state index is 0.0112. The number of β-amino-alcohol motifs (C(OH)–C–C–N with tert-alkyl or cyclic N) is 1. The molecule has 4 amide bonds. The third kappa shape index (κ3) is 14.1. The first-order valence-electron chi connectivity index (χ1n) is 28.0. The Bertz CT molecular complexity index is 3460. The van der Waals surface area contributed by atoms with Crippen LogP contribution in [0.1, 0.15) is 70.7 Å². The molecule has 0 aliphatic carbocycles. The SMILES string of the molecule is C=C(F)C(=O)N1CCN(c2nc(OCCN3CCC(OCCOCC(=O)N[C@H](C(=O)N4C[C@H](O)C[C@H]4C(=O)N[C@@H](C)c4ccc(-c5scnc5C)cc4)C(C)(C)C)CC3)nc3c(F)c(-c4cc(O)cc5ccccc45)c(Cl)cc23)C[C@@H]1CC#N. The Hall–Kier alpha value is -7.39. The molecule has 0 unspecified atom stereocenters. The number of carbonyl (C=O) groups is 4. The number of thiazole rings is 1. The number of amides is 4. The summed E-state index contributed by atoms with van der Waals surface area (Å²) in [5.41, 5.74) is 4.15. The Morgan fingerprint density at radius 3 is 2.42 bits per heavy atom. The molecule has 0 spiro atoms. The molecular formula is C61H69ClF2N10O9S. The van der Waals surface area contributed by atoms with Gasteiger partial charge in [0.25, 0.3) is 5.91 Å². The van der Waals surface area contributed by atoms with Gasteiger partial charge in [-0.25, -0.2) is 13.8 Å². The number of aliphatic hydroxyl groups is 1. The molecule has 0 saturated carbocycles. The summed E-state index contributed by atoms with van der Waals surface area (Å²) < 4.78 is 49.3. The first-order chi connectivity index (χ1) is 40.2. The maximum atomic E-state index is 17.2. The molecule has 0 radical (unpaired) electrons. The van der Waals surface area contributed by atoms with E-state index < -0.39 is 64.9 Å². The van der Waals surface area contributed by atoms with Gasteiger partial charge in [-0.2, -0.15) is 15.2 Å². The van der Waals surface area contributed by atoms with Crippen molar-refractivity contribution < 1.29 is 52.4 Å². The van der Waals surface area contributed by atoms with E-state index in [1.807, 2.05) is 58.9 Å². The fourth-order valence-electron chi connectivity index (χ4n) is 11.2. The number of aryl methyl sites for hydroxylation is 1. The highest BCUT2D eigenvalue weighted by molar-refractivity contribution is 7.13. The summed E-state index contributed by atoms with van der Waals surface area (Å²) in [6, 6.07) is 18.5. The van der Waals surface area contributed by atoms with E-state index in [0.717, 1.165) is 21.7 Å². The van der Waals surface area contributed by atoms with Crippen molar-refractivity contribution in [2.45, 2.75) is 96.7 Å². The van der Waals surface area contributed by atoms with Gasteiger partial charge >= 0.3 is 6.01 Å². The lowest BCUT2D eigenvalue weighted by molar-refractivity contribution is -0.144. The van der Waals surface area contributed by atoms with Crippen LogP contribution in [0.5, 0.6) is 11.8 Å². The number of nitrogens with one attached hydrogen (secondary N) is 2. The zero-order valence-corrected chi connectivity index (χ0v) is 49.2. The smallest absolute Gasteiger partial charge is 0.319 e. The van der Waals surface area contributed by atoms with Crippen molar-refractivity contribution in [3.05, 3.63) is 107 Å². The van der Waals surface area contributed by atoms with Gasteiger partial charge in [-0.15, -0.1) is 11.3 Å². The van der Waals surface area contributed by atoms with Crippen LogP contribution in [0.4, 0.5) is 14.6 Å². The van der Waals surface area contributed by atoms with E-state index in [9.17, 15) is 39.0 Å². The summed E-state index contributed by atoms with van der Waals surface area (Å²) in [7, 11) is 0. The second-order valence-electron chi connectivity index (χ2n) is 22.5. The number of ether oxygens (including phenoxy) is 3. The topological polar surface area (TPSA) is 236 Å². The van der Waals surface area contributed by atoms with Gasteiger partial charge in [0.05, 0.1) is 71.1 Å². The number of likely N-dealkylation sites (tertiary alicyclic amines) is 2. The van der Waals surface area contributed by atoms with Gasteiger partial charge in [-0.1, -0.05) is 87.5 Å². The van der Waals surface area contributed by atoms with Crippen molar-refractivity contribution in [3.8, 4) is 39.4 Å². The quantitative estimate of drug-likeness (QED) is 0.0418. The number of halogens is 3. The van der Waals surface area contributed by atoms with Crippen LogP contribution < -0.4 is 20.3 Å². The van der Waals surface area contributed by atoms with Gasteiger partial charge in [-0.3, -0.25) is 24.1 Å². The van der Waals surface area contributed by atoms with Crippen LogP contribution in [0.25, 0.3) is 43.2 Å². The molecule has 444 valence electrons. The van der Waals surface area contributed by atoms with E-state index in [4.69, 9.17) is 30.8 Å². The average molecular weight is 1190 g/mol. The van der Waals surface area contributed by atoms with Crippen molar-refractivity contribution >= 4 is 74.1 Å². The fourth-order valence-corrected chi connectivity index (χ4v) is 12.3. The number of carbonyl (C=O) groups excluding carboxylic acids is 4. The maximum absolute atomic E-state index is 17.2. The normalized spacial score (nSPS) is 18.6. The standard InChI is InChI=1S/C61H69ClF2N10O9S/c1-35(63)58(79)73-22-21-72(31-41(73)15-18-65)56-47-30-48(62)51(46-28-42(75)27-40-9-7-8-10-45(40)46)52(64)53(47)69-60(70-56)83-24-23-71-19-16-44(17-20-71)82-26-25-81-33-50(77)68-55(61(4,5)6)59(80)74-32-43(76)29-49(74)57(78)67-36(2)38-11-13-39(14-12-38)54-37(3)66-34-84-54/h7-14,27-28,30,34,36,41,43-44,49,55,75-76H,1,15-17,19-26,29,31-33H2,2-6H3,(H,67,78)(H,68,77)/t36-,41-,43+,49-,55+/m0/s1. The molecule has 2 aromatic heterocycles. The number of anilines is 1. The number of nitrogens with zero attached hydrogens (tertiary/aromatic N) is 8. The van der Waals surface area contributed by atoms with E-state index in [1.165, 1.54) is 15.9 Å². The second-order valence-corrected chi connectivity index (χ2v) is 23.8. The molecule has 19 nitrogen and oxygen atoms in total. The largest absolute Gasteiger partial charge is 0.508 e. The number of hydrogen-bond acceptors (Lipinski definition) is 16. The lowest BCUT2D eigenvalue weighted by Crippen LogP contribution is -2.58. The van der Waals surface area contributed by atoms with E-state index in [-0.39, 0.29) is 117 Å². The highest BCUT2D eigenvalue weighted by atomic mass is 35.5. The Kier molecular flexibility index (Phi) is 19.4. The molecule has 0 bridgehead atoms. The molecule has 23 heteroatoms. The van der Waals surface area contributed by atoms with Crippen LogP contribution in [0.2, 0.25) is 5.02 Å². The highest BCUT2D eigenvalue weighted by Gasteiger charge is 2.45. The second kappa shape index (κ2) is 26.7. The van der Waals surface area contributed by atoms with Crippen molar-refractivity contribution in [1.29, 1.82) is 5.26 Å². The summed E-state index contributed by atoms with van der Waals surface area (Å²) in [5, 5.41) is 38.5. The number of rotatable bonds is 20. The Balaban J connectivity index is 0.763. The number of aromatic nitrogens is 3. The van der Waals surface area contributed by atoms with Crippen molar-refractivity contribution in [3.63, 3.8) is 0 Å². The average Bonchev–Trinajstić information content (AvgIpc) is 1.73. The molecule has 9 rings (SSSR count). The number of hydrogen-bond donors (Lipinski definition) is 4. The van der Waals surface area contributed by atoms with Crippen molar-refractivity contribution in [1.82, 2.24) is 40.3 Å². The third-order valence-electron chi connectivity index (χ3n) is 15.6. The molecule has 3 aliphatic heterocycles. The van der Waals surface area contributed by atoms with Crippen molar-refractivity contribution in [2.75, 3.05) is 77.1 Å². The molecule has 3 fully saturated rings. The van der Waals surface area contributed by atoms with E-state index in [0.29, 0.717) is 48.8 Å². The van der Waals surface area contributed by atoms with Crippen LogP contribution in [0, 0.1) is 29.5 Å². The monoisotopic (exact) mass is 1190 g/mol. The lowest BCUT2D eigenvalue weighted by atomic mass is 9.85. The van der Waals surface area contributed by atoms with Crippen LogP contribution in [0.15, 0.2) is 84.6 Å². The van der Waals surface area contributed by atoms with E-state index in [1.54, 1.807) is 58.1 Å². The Morgan fingerprint density at radius 1 is 0.964 bits per heavy atom. The number of aromatic hydroxyl groups is 1. The lowest BCUT2D eigenvalue weighted by Gasteiger charge is -2.41. The summed E-state index contributed by atoms with van der Waals surface area (Å²) in [6.07, 6.45) is 0.345. The number of fused-ring (bicyclic) bond motifs is 2. The number of phenols is 1. The Labute approximate surface area is 495 Å². The molecule has 5 heterocycles. The fraction of sp³-hybridized carbons (Fsp3) is 0.443. The van der Waals surface area contributed by atoms with Gasteiger partial charge in [-0.05, 0) is 77.8 Å². The number of nitriles is 1. The third-order valence-corrected chi connectivity index (χ3v) is 16.9. The minimum atomic E-state index is -1.15. The molecule has 3 aliphatic rings. The number of benzene rings is 4. The zero-order chi connectivity index (χ0) is 60.0. The van der Waals surface area contributed by atoms with Crippen LogP contribution >= 0.6 is 22.9 Å². The Morgan fingerprint density at radius 2 is 1.71 bits per heavy atom. The number of piperidine rings is 1. The molecular weight excluding hydrogens is 1120 g/mol. The predicted octanol–water partition coefficient (Wildman–Crippen LogP) is 8.04. The predicted molar refractivity (Wildman–Crippen MR) is 315 cm³/mol. The van der Waals surface area contributed by atoms with Gasteiger partial charge in [0.2, 0.25) is 17.7 Å². The maximum Gasteiger partial charge on any atom is 0.319 e. The first kappa shape index (κ1) is 61.2. The molecule has 6 aromatic rings. The van der Waals surface area contributed by atoms with E-state index in [2.05, 4.69) is 38.1 Å². The molecule has 4 aromatic carbocycles. The van der Waals surface area contributed by atoms with Crippen molar-refractivity contribution in [2.24, 2.45) is 5.41 Å². The van der Waals surface area contributed by atoms with Gasteiger partial charge in [0.15, 0.2) is 11.6 Å². The number of phenolic OH excluding ortho intramolecular Hbond substituents is 1.